The summed E-state index contributed by atoms with van der Waals surface area (Å²) >= 11 is 0. The van der Waals surface area contributed by atoms with E-state index in [0.717, 1.165) is 5.52 Å². The van der Waals surface area contributed by atoms with Crippen molar-refractivity contribution < 1.29 is 14.3 Å². The maximum absolute atomic E-state index is 11.7. The first-order chi connectivity index (χ1) is 8.60. The van der Waals surface area contributed by atoms with Gasteiger partial charge in [0, 0.05) is 11.4 Å². The Morgan fingerprint density at radius 2 is 2.17 bits per heavy atom. The molecule has 0 bridgehead atoms. The molecule has 0 aliphatic heterocycles. The van der Waals surface area contributed by atoms with Gasteiger partial charge < -0.3 is 4.74 Å². The highest BCUT2D eigenvalue weighted by Gasteiger charge is 2.19. The Bertz CT molecular complexity index is 614. The van der Waals surface area contributed by atoms with Gasteiger partial charge in [0.2, 0.25) is 0 Å². The average Bonchev–Trinajstić information content (AvgIpc) is 2.76. The molecule has 5 nitrogen and oxygen atoms in total. The van der Waals surface area contributed by atoms with E-state index in [1.165, 1.54) is 7.11 Å². The van der Waals surface area contributed by atoms with Crippen LogP contribution >= 0.6 is 0 Å². The maximum Gasteiger partial charge on any atom is 0.338 e. The molecule has 0 spiro atoms. The number of hydrogen-bond acceptors (Lipinski definition) is 4. The summed E-state index contributed by atoms with van der Waals surface area (Å²) in [6.45, 7) is 3.93. The summed E-state index contributed by atoms with van der Waals surface area (Å²) in [5.74, 6) is -0.466. The lowest BCUT2D eigenvalue weighted by molar-refractivity contribution is 0.0603. The lowest BCUT2D eigenvalue weighted by atomic mass is 10.1. The molecule has 0 radical (unpaired) electrons. The van der Waals surface area contributed by atoms with Gasteiger partial charge in [-0.05, 0) is 26.0 Å². The van der Waals surface area contributed by atoms with Crippen molar-refractivity contribution in [3.05, 3.63) is 29.5 Å². The second kappa shape index (κ2) is 4.60. The fraction of sp³-hybridized carbons (Fsp3) is 0.308. The van der Waals surface area contributed by atoms with Crippen LogP contribution in [0.4, 0.5) is 0 Å². The average molecular weight is 246 g/mol. The molecular weight excluding hydrogens is 232 g/mol. The number of rotatable bonds is 3. The van der Waals surface area contributed by atoms with Crippen molar-refractivity contribution in [1.29, 1.82) is 0 Å². The van der Waals surface area contributed by atoms with Crippen LogP contribution in [0.2, 0.25) is 0 Å². The fourth-order valence-electron chi connectivity index (χ4n) is 1.98. The third kappa shape index (κ3) is 1.77. The van der Waals surface area contributed by atoms with Crippen molar-refractivity contribution in [2.75, 3.05) is 7.11 Å². The Balaban J connectivity index is 2.83. The number of fused-ring (bicyclic) bond motifs is 1. The van der Waals surface area contributed by atoms with E-state index in [0.29, 0.717) is 17.2 Å². The molecule has 94 valence electrons. The van der Waals surface area contributed by atoms with Gasteiger partial charge in [-0.15, -0.1) is 0 Å². The standard InChI is InChI=1S/C13H14N2O3/c1-8(2)15-11-6-4-5-9(13(17)18-3)12(11)10(7-16)14-15/h4-8H,1-3H3. The molecule has 1 heterocycles. The minimum absolute atomic E-state index is 0.106. The number of ether oxygens (including phenoxy) is 1. The van der Waals surface area contributed by atoms with E-state index in [2.05, 4.69) is 5.10 Å². The van der Waals surface area contributed by atoms with Gasteiger partial charge in [-0.25, -0.2) is 4.79 Å². The molecule has 0 atom stereocenters. The second-order valence-corrected chi connectivity index (χ2v) is 4.23. The van der Waals surface area contributed by atoms with E-state index < -0.39 is 5.97 Å². The maximum atomic E-state index is 11.7. The molecule has 0 fully saturated rings. The number of methoxy groups -OCH3 is 1. The topological polar surface area (TPSA) is 61.2 Å². The third-order valence-corrected chi connectivity index (χ3v) is 2.77. The number of aldehydes is 1. The Morgan fingerprint density at radius 3 is 2.72 bits per heavy atom. The summed E-state index contributed by atoms with van der Waals surface area (Å²) in [6.07, 6.45) is 0.660. The smallest absolute Gasteiger partial charge is 0.338 e. The molecule has 1 aromatic carbocycles. The fourth-order valence-corrected chi connectivity index (χ4v) is 1.98. The van der Waals surface area contributed by atoms with E-state index >= 15 is 0 Å². The zero-order valence-electron chi connectivity index (χ0n) is 10.5. The van der Waals surface area contributed by atoms with E-state index in [1.54, 1.807) is 16.8 Å². The van der Waals surface area contributed by atoms with Crippen LogP contribution in [0, 0.1) is 0 Å². The van der Waals surface area contributed by atoms with E-state index in [-0.39, 0.29) is 11.7 Å². The summed E-state index contributed by atoms with van der Waals surface area (Å²) in [7, 11) is 1.31. The Hall–Kier alpha value is -2.17. The number of benzene rings is 1. The SMILES string of the molecule is COC(=O)c1cccc2c1c(C=O)nn2C(C)C. The molecule has 18 heavy (non-hydrogen) atoms. The van der Waals surface area contributed by atoms with E-state index in [1.807, 2.05) is 19.9 Å². The molecule has 0 aliphatic carbocycles. The van der Waals surface area contributed by atoms with E-state index in [4.69, 9.17) is 4.74 Å². The number of nitrogens with zero attached hydrogens (tertiary/aromatic N) is 2. The number of aromatic nitrogens is 2. The van der Waals surface area contributed by atoms with Crippen LogP contribution in [0.25, 0.3) is 10.9 Å². The summed E-state index contributed by atoms with van der Waals surface area (Å²) < 4.78 is 6.45. The van der Waals surface area contributed by atoms with Gasteiger partial charge >= 0.3 is 5.97 Å². The Kier molecular flexibility index (Phi) is 3.14. The minimum Gasteiger partial charge on any atom is -0.465 e. The Labute approximate surface area is 104 Å². The highest BCUT2D eigenvalue weighted by molar-refractivity contribution is 6.09. The number of carbonyl (C=O) groups is 2. The van der Waals surface area contributed by atoms with Gasteiger partial charge in [0.1, 0.15) is 5.69 Å². The van der Waals surface area contributed by atoms with Crippen molar-refractivity contribution in [3.8, 4) is 0 Å². The molecule has 0 saturated heterocycles. The predicted molar refractivity (Wildman–Crippen MR) is 66.8 cm³/mol. The van der Waals surface area contributed by atoms with E-state index in [9.17, 15) is 9.59 Å². The van der Waals surface area contributed by atoms with Crippen LogP contribution in [0.3, 0.4) is 0 Å². The van der Waals surface area contributed by atoms with Crippen LogP contribution in [0.5, 0.6) is 0 Å². The first kappa shape index (κ1) is 12.3. The molecule has 2 aromatic rings. The highest BCUT2D eigenvalue weighted by Crippen LogP contribution is 2.25. The summed E-state index contributed by atoms with van der Waals surface area (Å²) in [4.78, 5) is 22.8. The largest absolute Gasteiger partial charge is 0.465 e. The predicted octanol–water partition coefficient (Wildman–Crippen LogP) is 2.22. The van der Waals surface area contributed by atoms with Crippen molar-refractivity contribution in [1.82, 2.24) is 9.78 Å². The molecule has 0 aliphatic rings. The Morgan fingerprint density at radius 1 is 1.44 bits per heavy atom. The lowest BCUT2D eigenvalue weighted by Crippen LogP contribution is -2.03. The zero-order valence-corrected chi connectivity index (χ0v) is 10.5. The monoisotopic (exact) mass is 246 g/mol. The lowest BCUT2D eigenvalue weighted by Gasteiger charge is -2.07. The first-order valence-corrected chi connectivity index (χ1v) is 5.65. The van der Waals surface area contributed by atoms with Crippen molar-refractivity contribution in [3.63, 3.8) is 0 Å². The zero-order chi connectivity index (χ0) is 13.3. The first-order valence-electron chi connectivity index (χ1n) is 5.65. The number of carbonyl (C=O) groups excluding carboxylic acids is 2. The van der Waals surface area contributed by atoms with Crippen LogP contribution in [0.1, 0.15) is 40.7 Å². The van der Waals surface area contributed by atoms with Gasteiger partial charge in [0.25, 0.3) is 0 Å². The molecule has 0 unspecified atom stereocenters. The molecule has 0 saturated carbocycles. The number of esters is 1. The number of hydrogen-bond donors (Lipinski definition) is 0. The third-order valence-electron chi connectivity index (χ3n) is 2.77. The van der Waals surface area contributed by atoms with Crippen molar-refractivity contribution in [2.45, 2.75) is 19.9 Å². The van der Waals surface area contributed by atoms with Crippen LogP contribution in [-0.2, 0) is 4.74 Å². The molecule has 2 rings (SSSR count). The molecule has 0 N–H and O–H groups in total. The van der Waals surface area contributed by atoms with Crippen molar-refractivity contribution in [2.24, 2.45) is 0 Å². The highest BCUT2D eigenvalue weighted by atomic mass is 16.5. The second-order valence-electron chi connectivity index (χ2n) is 4.23. The van der Waals surface area contributed by atoms with Crippen LogP contribution < -0.4 is 0 Å². The van der Waals surface area contributed by atoms with Gasteiger partial charge in [0.15, 0.2) is 6.29 Å². The van der Waals surface area contributed by atoms with Gasteiger partial charge in [-0.3, -0.25) is 9.48 Å². The normalized spacial score (nSPS) is 10.9. The van der Waals surface area contributed by atoms with Crippen LogP contribution in [-0.4, -0.2) is 29.1 Å². The molecule has 0 amide bonds. The molecule has 5 heteroatoms. The van der Waals surface area contributed by atoms with Gasteiger partial charge in [0.05, 0.1) is 18.2 Å². The quantitative estimate of drug-likeness (QED) is 0.615. The molecule has 1 aromatic heterocycles. The minimum atomic E-state index is -0.466. The van der Waals surface area contributed by atoms with Gasteiger partial charge in [-0.2, -0.15) is 5.10 Å². The van der Waals surface area contributed by atoms with Gasteiger partial charge in [-0.1, -0.05) is 6.07 Å². The molecular formula is C13H14N2O3. The summed E-state index contributed by atoms with van der Waals surface area (Å²) in [5, 5.41) is 4.77. The summed E-state index contributed by atoms with van der Waals surface area (Å²) in [6, 6.07) is 5.33. The van der Waals surface area contributed by atoms with Crippen LogP contribution in [0.15, 0.2) is 18.2 Å². The van der Waals surface area contributed by atoms with Crippen molar-refractivity contribution >= 4 is 23.2 Å². The summed E-state index contributed by atoms with van der Waals surface area (Å²) in [5.41, 5.74) is 1.39.